The second kappa shape index (κ2) is 9.86. The number of hydrogen-bond donors (Lipinski definition) is 1. The first-order valence-electron chi connectivity index (χ1n) is 10.9. The van der Waals surface area contributed by atoms with Crippen molar-refractivity contribution in [2.75, 3.05) is 61.8 Å². The van der Waals surface area contributed by atoms with Crippen LogP contribution in [0.4, 0.5) is 20.7 Å². The molecule has 0 saturated carbocycles. The predicted octanol–water partition coefficient (Wildman–Crippen LogP) is 2.49. The Labute approximate surface area is 198 Å². The summed E-state index contributed by atoms with van der Waals surface area (Å²) in [5.74, 6) is 0.161. The van der Waals surface area contributed by atoms with Gasteiger partial charge in [-0.15, -0.1) is 5.10 Å². The van der Waals surface area contributed by atoms with Crippen LogP contribution in [0.25, 0.3) is 0 Å². The van der Waals surface area contributed by atoms with Crippen LogP contribution in [0.5, 0.6) is 0 Å². The van der Waals surface area contributed by atoms with Crippen molar-refractivity contribution in [3.05, 3.63) is 41.0 Å². The molecule has 0 aliphatic carbocycles. The van der Waals surface area contributed by atoms with Gasteiger partial charge in [-0.1, -0.05) is 23.7 Å². The quantitative estimate of drug-likeness (QED) is 0.658. The average molecular weight is 499 g/mol. The average Bonchev–Trinajstić information content (AvgIpc) is 3.42. The number of alkyl halides is 1. The lowest BCUT2D eigenvalue weighted by molar-refractivity contribution is 0.134. The van der Waals surface area contributed by atoms with Crippen LogP contribution in [0.15, 0.2) is 30.5 Å². The van der Waals surface area contributed by atoms with Crippen molar-refractivity contribution in [2.24, 2.45) is 5.92 Å². The van der Waals surface area contributed by atoms with E-state index in [4.69, 9.17) is 11.6 Å². The number of amides is 1. The summed E-state index contributed by atoms with van der Waals surface area (Å²) in [6.07, 6.45) is 3.31. The van der Waals surface area contributed by atoms with Gasteiger partial charge in [0.2, 0.25) is 10.0 Å². The lowest BCUT2D eigenvalue weighted by Gasteiger charge is -2.35. The Morgan fingerprint density at radius 2 is 1.97 bits per heavy atom. The second-order valence-electron chi connectivity index (χ2n) is 8.57. The van der Waals surface area contributed by atoms with E-state index in [1.165, 1.54) is 12.3 Å². The number of carbonyl (C=O) groups is 1. The number of piperazine rings is 1. The Morgan fingerprint density at radius 1 is 1.21 bits per heavy atom. The van der Waals surface area contributed by atoms with E-state index in [-0.39, 0.29) is 24.4 Å². The van der Waals surface area contributed by atoms with Crippen LogP contribution >= 0.6 is 11.6 Å². The molecule has 2 aromatic rings. The maximum Gasteiger partial charge on any atom is 0.344 e. The molecule has 2 fully saturated rings. The van der Waals surface area contributed by atoms with Crippen LogP contribution < -0.4 is 9.62 Å². The second-order valence-corrected chi connectivity index (χ2v) is 10.7. The fourth-order valence-corrected chi connectivity index (χ4v) is 5.16. The predicted molar refractivity (Wildman–Crippen MR) is 126 cm³/mol. The topological polar surface area (TPSA) is 90.8 Å². The van der Waals surface area contributed by atoms with Crippen molar-refractivity contribution in [3.63, 3.8) is 0 Å². The zero-order chi connectivity index (χ0) is 23.6. The molecule has 1 N–H and O–H groups in total. The smallest absolute Gasteiger partial charge is 0.344 e. The summed E-state index contributed by atoms with van der Waals surface area (Å²) in [6, 6.07) is 7.01. The molecular formula is C21H28ClFN6O3S. The summed E-state index contributed by atoms with van der Waals surface area (Å²) in [5, 5.41) is 4.69. The van der Waals surface area contributed by atoms with E-state index in [1.807, 2.05) is 12.1 Å². The fourth-order valence-electron chi connectivity index (χ4n) is 4.36. The highest BCUT2D eigenvalue weighted by Gasteiger charge is 2.28. The molecule has 4 rings (SSSR count). The molecule has 3 heterocycles. The van der Waals surface area contributed by atoms with Gasteiger partial charge >= 0.3 is 6.03 Å². The van der Waals surface area contributed by atoms with Crippen LogP contribution in [0, 0.1) is 5.92 Å². The molecule has 0 bridgehead atoms. The largest absolute Gasteiger partial charge is 0.370 e. The molecule has 2 aliphatic heterocycles. The van der Waals surface area contributed by atoms with Crippen LogP contribution in [-0.2, 0) is 16.6 Å². The Hall–Kier alpha value is -2.37. The van der Waals surface area contributed by atoms with Crippen LogP contribution in [0.2, 0.25) is 5.02 Å². The number of nitrogens with zero attached hydrogens (tertiary/aromatic N) is 5. The standard InChI is InChI=1S/C21H28ClFN6O3S/c1-33(31,32)25-19-6-8-29(24-19)21(30)27-11-9-26(10-12-27)15-17-3-2-4-18(22)20(17)28-7-5-16(13-23)14-28/h2-4,6,8,16H,5,7,9-15H2,1H3,(H,24,25). The van der Waals surface area contributed by atoms with Crippen LogP contribution in [-0.4, -0.2) is 86.2 Å². The van der Waals surface area contributed by atoms with Crippen molar-refractivity contribution in [1.82, 2.24) is 19.6 Å². The molecule has 12 heteroatoms. The molecule has 9 nitrogen and oxygen atoms in total. The summed E-state index contributed by atoms with van der Waals surface area (Å²) in [6.45, 7) is 4.27. The molecule has 1 aromatic heterocycles. The molecule has 0 radical (unpaired) electrons. The molecule has 2 aliphatic rings. The summed E-state index contributed by atoms with van der Waals surface area (Å²) >= 11 is 6.53. The molecular weight excluding hydrogens is 471 g/mol. The van der Waals surface area contributed by atoms with E-state index in [9.17, 15) is 17.6 Å². The maximum absolute atomic E-state index is 13.1. The molecule has 2 saturated heterocycles. The van der Waals surface area contributed by atoms with Gasteiger partial charge in [0, 0.05) is 64.0 Å². The zero-order valence-electron chi connectivity index (χ0n) is 18.5. The van der Waals surface area contributed by atoms with Crippen molar-refractivity contribution >= 4 is 39.2 Å². The van der Waals surface area contributed by atoms with E-state index in [1.54, 1.807) is 4.90 Å². The first-order valence-corrected chi connectivity index (χ1v) is 13.1. The van der Waals surface area contributed by atoms with Gasteiger partial charge in [-0.3, -0.25) is 14.0 Å². The SMILES string of the molecule is CS(=O)(=O)Nc1ccn(C(=O)N2CCN(Cc3cccc(Cl)c3N3CCC(CF)C3)CC2)n1. The van der Waals surface area contributed by atoms with Crippen LogP contribution in [0.1, 0.15) is 12.0 Å². The summed E-state index contributed by atoms with van der Waals surface area (Å²) < 4.78 is 39.2. The Morgan fingerprint density at radius 3 is 2.64 bits per heavy atom. The van der Waals surface area contributed by atoms with Gasteiger partial charge < -0.3 is 9.80 Å². The molecule has 1 atom stereocenters. The number of benzene rings is 1. The number of sulfonamides is 1. The third-order valence-electron chi connectivity index (χ3n) is 6.00. The zero-order valence-corrected chi connectivity index (χ0v) is 20.0. The summed E-state index contributed by atoms with van der Waals surface area (Å²) in [4.78, 5) is 18.9. The molecule has 1 unspecified atom stereocenters. The molecule has 1 amide bonds. The number of aromatic nitrogens is 2. The molecule has 33 heavy (non-hydrogen) atoms. The van der Waals surface area contributed by atoms with Crippen molar-refractivity contribution < 1.29 is 17.6 Å². The highest BCUT2D eigenvalue weighted by atomic mass is 35.5. The minimum atomic E-state index is -3.46. The van der Waals surface area contributed by atoms with Crippen molar-refractivity contribution in [1.29, 1.82) is 0 Å². The number of halogens is 2. The monoisotopic (exact) mass is 498 g/mol. The number of rotatable bonds is 6. The Balaban J connectivity index is 1.37. The third-order valence-corrected chi connectivity index (χ3v) is 6.89. The Bertz CT molecular complexity index is 1100. The van der Waals surface area contributed by atoms with Gasteiger partial charge in [0.25, 0.3) is 0 Å². The van der Waals surface area contributed by atoms with E-state index in [2.05, 4.69) is 25.7 Å². The molecule has 1 aromatic carbocycles. The van der Waals surface area contributed by atoms with E-state index >= 15 is 0 Å². The molecule has 0 spiro atoms. The lowest BCUT2D eigenvalue weighted by Crippen LogP contribution is -2.49. The number of nitrogens with one attached hydrogen (secondary N) is 1. The maximum atomic E-state index is 13.1. The Kier molecular flexibility index (Phi) is 7.10. The van der Waals surface area contributed by atoms with Gasteiger partial charge in [0.15, 0.2) is 5.82 Å². The minimum Gasteiger partial charge on any atom is -0.370 e. The number of para-hydroxylation sites is 1. The van der Waals surface area contributed by atoms with Crippen molar-refractivity contribution in [3.8, 4) is 0 Å². The summed E-state index contributed by atoms with van der Waals surface area (Å²) in [5.41, 5.74) is 2.08. The number of carbonyl (C=O) groups excluding carboxylic acids is 1. The van der Waals surface area contributed by atoms with Gasteiger partial charge in [0.1, 0.15) is 0 Å². The van der Waals surface area contributed by atoms with Crippen molar-refractivity contribution in [2.45, 2.75) is 13.0 Å². The highest BCUT2D eigenvalue weighted by molar-refractivity contribution is 7.92. The van der Waals surface area contributed by atoms with Crippen LogP contribution in [0.3, 0.4) is 0 Å². The third kappa shape index (κ3) is 5.77. The molecule has 180 valence electrons. The normalized spacial score (nSPS) is 19.8. The van der Waals surface area contributed by atoms with Gasteiger partial charge in [0.05, 0.1) is 23.6 Å². The minimum absolute atomic E-state index is 0.0547. The van der Waals surface area contributed by atoms with E-state index in [0.29, 0.717) is 44.3 Å². The lowest BCUT2D eigenvalue weighted by atomic mass is 10.1. The van der Waals surface area contributed by atoms with Gasteiger partial charge in [-0.05, 0) is 18.1 Å². The first-order chi connectivity index (χ1) is 15.7. The first kappa shape index (κ1) is 23.8. The van der Waals surface area contributed by atoms with Gasteiger partial charge in [-0.25, -0.2) is 13.2 Å². The number of anilines is 2. The van der Waals surface area contributed by atoms with E-state index < -0.39 is 10.0 Å². The fraction of sp³-hybridized carbons (Fsp3) is 0.524. The van der Waals surface area contributed by atoms with Gasteiger partial charge in [-0.2, -0.15) is 4.68 Å². The van der Waals surface area contributed by atoms with E-state index in [0.717, 1.165) is 35.2 Å². The number of hydrogen-bond acceptors (Lipinski definition) is 6. The highest BCUT2D eigenvalue weighted by Crippen LogP contribution is 2.34. The summed E-state index contributed by atoms with van der Waals surface area (Å²) in [7, 11) is -3.46.